The van der Waals surface area contributed by atoms with E-state index in [-0.39, 0.29) is 0 Å². The molecule has 0 bridgehead atoms. The molecule has 1 saturated carbocycles. The van der Waals surface area contributed by atoms with Gasteiger partial charge in [0.25, 0.3) is 0 Å². The lowest BCUT2D eigenvalue weighted by atomic mass is 10.2. The van der Waals surface area contributed by atoms with Crippen LogP contribution in [-0.4, -0.2) is 12.2 Å². The first kappa shape index (κ1) is 9.05. The summed E-state index contributed by atoms with van der Waals surface area (Å²) in [5, 5.41) is 0. The van der Waals surface area contributed by atoms with Crippen molar-refractivity contribution in [3.05, 3.63) is 0 Å². The first-order valence-corrected chi connectivity index (χ1v) is 4.98. The second-order valence-electron chi connectivity index (χ2n) is 3.64. The van der Waals surface area contributed by atoms with Crippen LogP contribution in [0.3, 0.4) is 0 Å². The van der Waals surface area contributed by atoms with Gasteiger partial charge in [-0.25, -0.2) is 0 Å². The Balaban J connectivity index is 2.08. The Bertz CT molecular complexity index is 95.0. The number of hydrogen-bond donors (Lipinski definition) is 0. The average Bonchev–Trinajstić information content (AvgIpc) is 2.40. The molecule has 0 saturated heterocycles. The fraction of sp³-hybridized carbons (Fsp3) is 1.00. The molecule has 1 rings (SSSR count). The second kappa shape index (κ2) is 4.76. The summed E-state index contributed by atoms with van der Waals surface area (Å²) < 4.78 is 5.85. The van der Waals surface area contributed by atoms with Gasteiger partial charge in [0.15, 0.2) is 0 Å². The largest absolute Gasteiger partial charge is 0.375 e. The number of rotatable bonds is 4. The molecule has 0 aliphatic heterocycles. The van der Waals surface area contributed by atoms with Gasteiger partial charge in [-0.2, -0.15) is 0 Å². The molecular weight excluding hydrogens is 136 g/mol. The molecule has 1 heteroatoms. The van der Waals surface area contributed by atoms with Crippen molar-refractivity contribution in [2.45, 2.75) is 64.6 Å². The van der Waals surface area contributed by atoms with E-state index >= 15 is 0 Å². The molecule has 1 fully saturated rings. The number of ether oxygens (including phenoxy) is 1. The van der Waals surface area contributed by atoms with Crippen LogP contribution in [0, 0.1) is 0 Å². The normalized spacial score (nSPS) is 22.4. The van der Waals surface area contributed by atoms with E-state index in [0.29, 0.717) is 12.2 Å². The van der Waals surface area contributed by atoms with E-state index in [1.165, 1.54) is 38.5 Å². The summed E-state index contributed by atoms with van der Waals surface area (Å²) in [6.07, 6.45) is 8.90. The van der Waals surface area contributed by atoms with Crippen LogP contribution >= 0.6 is 0 Å². The van der Waals surface area contributed by atoms with Crippen molar-refractivity contribution in [2.24, 2.45) is 0 Å². The van der Waals surface area contributed by atoms with Gasteiger partial charge < -0.3 is 4.74 Å². The maximum atomic E-state index is 5.85. The van der Waals surface area contributed by atoms with Crippen molar-refractivity contribution in [3.8, 4) is 0 Å². The van der Waals surface area contributed by atoms with Gasteiger partial charge in [-0.05, 0) is 26.2 Å². The minimum atomic E-state index is 0.489. The highest BCUT2D eigenvalue weighted by atomic mass is 16.5. The average molecular weight is 156 g/mol. The molecule has 0 amide bonds. The Hall–Kier alpha value is -0.0400. The summed E-state index contributed by atoms with van der Waals surface area (Å²) >= 11 is 0. The molecule has 0 aromatic heterocycles. The van der Waals surface area contributed by atoms with Crippen LogP contribution in [0.25, 0.3) is 0 Å². The topological polar surface area (TPSA) is 9.23 Å². The molecule has 0 N–H and O–H groups in total. The minimum Gasteiger partial charge on any atom is -0.375 e. The van der Waals surface area contributed by atoms with Gasteiger partial charge >= 0.3 is 0 Å². The summed E-state index contributed by atoms with van der Waals surface area (Å²) in [6.45, 7) is 4.41. The summed E-state index contributed by atoms with van der Waals surface area (Å²) in [6, 6.07) is 0. The van der Waals surface area contributed by atoms with Crippen LogP contribution in [0.1, 0.15) is 52.4 Å². The lowest BCUT2D eigenvalue weighted by Crippen LogP contribution is -2.16. The van der Waals surface area contributed by atoms with Crippen LogP contribution in [-0.2, 0) is 4.74 Å². The Morgan fingerprint density at radius 1 is 1.36 bits per heavy atom. The highest BCUT2D eigenvalue weighted by Crippen LogP contribution is 2.22. The van der Waals surface area contributed by atoms with E-state index < -0.39 is 0 Å². The Kier molecular flexibility index (Phi) is 3.92. The van der Waals surface area contributed by atoms with Gasteiger partial charge in [-0.1, -0.05) is 26.2 Å². The molecule has 0 aromatic rings. The summed E-state index contributed by atoms with van der Waals surface area (Å²) in [4.78, 5) is 0. The molecular formula is C10H20O. The van der Waals surface area contributed by atoms with Crippen molar-refractivity contribution < 1.29 is 4.74 Å². The van der Waals surface area contributed by atoms with Crippen LogP contribution in [0.15, 0.2) is 0 Å². The zero-order valence-corrected chi connectivity index (χ0v) is 7.81. The summed E-state index contributed by atoms with van der Waals surface area (Å²) in [5.74, 6) is 0. The van der Waals surface area contributed by atoms with Gasteiger partial charge in [0.2, 0.25) is 0 Å². The zero-order chi connectivity index (χ0) is 8.10. The molecule has 0 radical (unpaired) electrons. The van der Waals surface area contributed by atoms with E-state index in [1.807, 2.05) is 0 Å². The quantitative estimate of drug-likeness (QED) is 0.607. The minimum absolute atomic E-state index is 0.489. The molecule has 1 atom stereocenters. The predicted molar refractivity (Wildman–Crippen MR) is 47.7 cm³/mol. The molecule has 0 aromatic carbocycles. The smallest absolute Gasteiger partial charge is 0.0578 e. The Morgan fingerprint density at radius 3 is 2.55 bits per heavy atom. The Morgan fingerprint density at radius 2 is 2.00 bits per heavy atom. The summed E-state index contributed by atoms with van der Waals surface area (Å²) in [7, 11) is 0. The van der Waals surface area contributed by atoms with Gasteiger partial charge in [0.05, 0.1) is 12.2 Å². The van der Waals surface area contributed by atoms with Crippen molar-refractivity contribution >= 4 is 0 Å². The van der Waals surface area contributed by atoms with Gasteiger partial charge in [0, 0.05) is 0 Å². The van der Waals surface area contributed by atoms with E-state index in [2.05, 4.69) is 13.8 Å². The van der Waals surface area contributed by atoms with Crippen molar-refractivity contribution in [1.82, 2.24) is 0 Å². The van der Waals surface area contributed by atoms with E-state index in [4.69, 9.17) is 4.74 Å². The standard InChI is InChI=1S/C10H20O/c1-3-6-9(2)11-10-7-4-5-8-10/h9-10H,3-8H2,1-2H3. The van der Waals surface area contributed by atoms with Crippen LogP contribution in [0.5, 0.6) is 0 Å². The highest BCUT2D eigenvalue weighted by molar-refractivity contribution is 4.68. The molecule has 1 aliphatic carbocycles. The van der Waals surface area contributed by atoms with Crippen molar-refractivity contribution in [3.63, 3.8) is 0 Å². The lowest BCUT2D eigenvalue weighted by Gasteiger charge is -2.17. The van der Waals surface area contributed by atoms with E-state index in [1.54, 1.807) is 0 Å². The van der Waals surface area contributed by atoms with Crippen molar-refractivity contribution in [1.29, 1.82) is 0 Å². The van der Waals surface area contributed by atoms with Gasteiger partial charge in [0.1, 0.15) is 0 Å². The second-order valence-corrected chi connectivity index (χ2v) is 3.64. The Labute approximate surface area is 70.1 Å². The van der Waals surface area contributed by atoms with Crippen molar-refractivity contribution in [2.75, 3.05) is 0 Å². The first-order valence-electron chi connectivity index (χ1n) is 4.98. The maximum Gasteiger partial charge on any atom is 0.0578 e. The molecule has 1 unspecified atom stereocenters. The summed E-state index contributed by atoms with van der Waals surface area (Å²) in [5.41, 5.74) is 0. The molecule has 0 spiro atoms. The third kappa shape index (κ3) is 3.24. The molecule has 11 heavy (non-hydrogen) atoms. The molecule has 66 valence electrons. The molecule has 1 nitrogen and oxygen atoms in total. The molecule has 1 aliphatic rings. The van der Waals surface area contributed by atoms with Gasteiger partial charge in [-0.3, -0.25) is 0 Å². The predicted octanol–water partition coefficient (Wildman–Crippen LogP) is 3.13. The fourth-order valence-corrected chi connectivity index (χ4v) is 1.83. The third-order valence-corrected chi connectivity index (χ3v) is 2.42. The maximum absolute atomic E-state index is 5.85. The lowest BCUT2D eigenvalue weighted by molar-refractivity contribution is -0.00201. The van der Waals surface area contributed by atoms with Gasteiger partial charge in [-0.15, -0.1) is 0 Å². The zero-order valence-electron chi connectivity index (χ0n) is 7.81. The first-order chi connectivity index (χ1) is 5.33. The van der Waals surface area contributed by atoms with Crippen LogP contribution in [0.4, 0.5) is 0 Å². The molecule has 0 heterocycles. The van der Waals surface area contributed by atoms with Crippen LogP contribution in [0.2, 0.25) is 0 Å². The third-order valence-electron chi connectivity index (χ3n) is 2.42. The van der Waals surface area contributed by atoms with Crippen LogP contribution < -0.4 is 0 Å². The monoisotopic (exact) mass is 156 g/mol. The van der Waals surface area contributed by atoms with E-state index in [9.17, 15) is 0 Å². The van der Waals surface area contributed by atoms with E-state index in [0.717, 1.165) is 0 Å². The highest BCUT2D eigenvalue weighted by Gasteiger charge is 2.17. The SMILES string of the molecule is CCCC(C)OC1CCCC1. The number of hydrogen-bond acceptors (Lipinski definition) is 1. The fourth-order valence-electron chi connectivity index (χ4n) is 1.83.